The van der Waals surface area contributed by atoms with Crippen LogP contribution in [0.2, 0.25) is 0 Å². The minimum atomic E-state index is -0.641. The second-order valence-electron chi connectivity index (χ2n) is 13.1. The van der Waals surface area contributed by atoms with Crippen molar-refractivity contribution in [2.24, 2.45) is 10.9 Å². The molecule has 2 atom stereocenters. The van der Waals surface area contributed by atoms with E-state index >= 15 is 0 Å². The molecule has 2 aliphatic rings. The molecule has 0 spiro atoms. The number of aryl methyl sites for hydroxylation is 1. The maximum absolute atomic E-state index is 10.6. The standard InChI is InChI=1S/C38H33N2O4.Pt/c1-21(2)38-36(4,5)28-12-8-9-13-29(28)37(38,6)40-35(44-38)27-20-24(19-26-25-11-7-10-14-31(25)43-34(26)27)42-32-16-15-23-17-22(3)18-30(41)33(23)39-32;/h7-19,21,41H,1-6H3;/q-1;/t37-,38+;/m0./s1. The van der Waals surface area contributed by atoms with E-state index in [2.05, 4.69) is 69.9 Å². The number of phenolic OH excluding ortho intramolecular Hbond substituents is 1. The fourth-order valence-electron chi connectivity index (χ4n) is 8.18. The summed E-state index contributed by atoms with van der Waals surface area (Å²) >= 11 is 0. The van der Waals surface area contributed by atoms with E-state index in [4.69, 9.17) is 18.9 Å². The van der Waals surface area contributed by atoms with Crippen LogP contribution in [0, 0.1) is 18.9 Å². The number of aromatic hydroxyl groups is 1. The molecule has 0 bridgehead atoms. The molecular formula is C38H33N2O4Pt-. The van der Waals surface area contributed by atoms with Crippen molar-refractivity contribution in [3.05, 3.63) is 107 Å². The number of phenols is 1. The van der Waals surface area contributed by atoms with Gasteiger partial charge in [0.1, 0.15) is 33.9 Å². The van der Waals surface area contributed by atoms with Crippen molar-refractivity contribution < 1.29 is 40.1 Å². The van der Waals surface area contributed by atoms with Gasteiger partial charge >= 0.3 is 0 Å². The van der Waals surface area contributed by atoms with Gasteiger partial charge in [-0.25, -0.2) is 4.98 Å². The van der Waals surface area contributed by atoms with Crippen LogP contribution in [0.15, 0.2) is 88.3 Å². The Labute approximate surface area is 276 Å². The minimum absolute atomic E-state index is 0. The Morgan fingerprint density at radius 3 is 2.40 bits per heavy atom. The molecule has 4 aromatic carbocycles. The molecule has 45 heavy (non-hydrogen) atoms. The van der Waals surface area contributed by atoms with E-state index in [1.54, 1.807) is 12.1 Å². The average molecular weight is 777 g/mol. The number of ether oxygens (including phenoxy) is 2. The van der Waals surface area contributed by atoms with Crippen LogP contribution in [-0.4, -0.2) is 21.6 Å². The van der Waals surface area contributed by atoms with E-state index in [9.17, 15) is 5.11 Å². The second kappa shape index (κ2) is 9.92. The van der Waals surface area contributed by atoms with Crippen molar-refractivity contribution in [2.75, 3.05) is 0 Å². The number of hydrogen-bond donors (Lipinski definition) is 1. The van der Waals surface area contributed by atoms with E-state index < -0.39 is 11.1 Å². The molecule has 6 aromatic rings. The van der Waals surface area contributed by atoms with Crippen molar-refractivity contribution in [2.45, 2.75) is 58.1 Å². The molecule has 0 saturated carbocycles. The van der Waals surface area contributed by atoms with Crippen LogP contribution >= 0.6 is 0 Å². The Hall–Kier alpha value is -4.15. The van der Waals surface area contributed by atoms with E-state index in [1.807, 2.05) is 49.4 Å². The number of aliphatic imine (C=N–C) groups is 1. The minimum Gasteiger partial charge on any atom is -0.510 e. The number of nitrogens with zero attached hydrogens (tertiary/aromatic N) is 2. The van der Waals surface area contributed by atoms with Crippen molar-refractivity contribution in [1.82, 2.24) is 4.98 Å². The number of fused-ring (bicyclic) bond motifs is 7. The normalized spacial score (nSPS) is 21.4. The second-order valence-corrected chi connectivity index (χ2v) is 13.1. The summed E-state index contributed by atoms with van der Waals surface area (Å²) in [6.45, 7) is 13.1. The largest absolute Gasteiger partial charge is 0.510 e. The number of benzene rings is 4. The summed E-state index contributed by atoms with van der Waals surface area (Å²) in [4.78, 5) is 10.0. The number of aromatic nitrogens is 1. The third kappa shape index (κ3) is 3.91. The van der Waals surface area contributed by atoms with Crippen LogP contribution in [0.3, 0.4) is 0 Å². The number of rotatable bonds is 4. The molecular weight excluding hydrogens is 744 g/mol. The monoisotopic (exact) mass is 776 g/mol. The summed E-state index contributed by atoms with van der Waals surface area (Å²) in [5, 5.41) is 13.2. The molecule has 1 N–H and O–H groups in total. The van der Waals surface area contributed by atoms with Gasteiger partial charge in [-0.2, -0.15) is 0 Å². The predicted molar refractivity (Wildman–Crippen MR) is 173 cm³/mol. The van der Waals surface area contributed by atoms with Crippen molar-refractivity contribution in [3.8, 4) is 17.4 Å². The van der Waals surface area contributed by atoms with Gasteiger partial charge in [-0.05, 0) is 66.3 Å². The molecule has 0 amide bonds. The summed E-state index contributed by atoms with van der Waals surface area (Å²) in [7, 11) is 0. The van der Waals surface area contributed by atoms with Gasteiger partial charge in [-0.3, -0.25) is 4.99 Å². The molecule has 3 heterocycles. The molecule has 1 aliphatic heterocycles. The smallest absolute Gasteiger partial charge is 0.217 e. The zero-order chi connectivity index (χ0) is 30.6. The molecule has 8 rings (SSSR count). The van der Waals surface area contributed by atoms with Gasteiger partial charge in [0.15, 0.2) is 0 Å². The third-order valence-electron chi connectivity index (χ3n) is 9.88. The van der Waals surface area contributed by atoms with E-state index in [0.717, 1.165) is 27.3 Å². The van der Waals surface area contributed by atoms with Crippen LogP contribution in [0.1, 0.15) is 56.9 Å². The van der Waals surface area contributed by atoms with Gasteiger partial charge in [-0.1, -0.05) is 87.7 Å². The molecule has 0 fully saturated rings. The molecule has 1 aliphatic carbocycles. The predicted octanol–water partition coefficient (Wildman–Crippen LogP) is 9.12. The molecule has 6 nitrogen and oxygen atoms in total. The summed E-state index contributed by atoms with van der Waals surface area (Å²) in [6.07, 6.45) is 0. The van der Waals surface area contributed by atoms with Crippen molar-refractivity contribution >= 4 is 38.7 Å². The van der Waals surface area contributed by atoms with Gasteiger partial charge in [0.05, 0.1) is 5.58 Å². The third-order valence-corrected chi connectivity index (χ3v) is 9.88. The Bertz CT molecular complexity index is 2200. The average Bonchev–Trinajstić information content (AvgIpc) is 3.58. The van der Waals surface area contributed by atoms with Crippen LogP contribution < -0.4 is 4.74 Å². The van der Waals surface area contributed by atoms with Gasteiger partial charge in [0, 0.05) is 49.1 Å². The van der Waals surface area contributed by atoms with Crippen molar-refractivity contribution in [1.29, 1.82) is 0 Å². The van der Waals surface area contributed by atoms with Crippen molar-refractivity contribution in [3.63, 3.8) is 0 Å². The Morgan fingerprint density at radius 1 is 0.889 bits per heavy atom. The fourth-order valence-corrected chi connectivity index (χ4v) is 8.18. The van der Waals surface area contributed by atoms with E-state index in [0.29, 0.717) is 34.2 Å². The molecule has 0 saturated heterocycles. The zero-order valence-corrected chi connectivity index (χ0v) is 28.2. The molecule has 7 heteroatoms. The Kier molecular flexibility index (Phi) is 6.52. The van der Waals surface area contributed by atoms with E-state index in [-0.39, 0.29) is 38.1 Å². The molecule has 0 radical (unpaired) electrons. The summed E-state index contributed by atoms with van der Waals surface area (Å²) in [5.41, 5.74) is 4.29. The fraction of sp³-hybridized carbons (Fsp3) is 0.263. The maximum Gasteiger partial charge on any atom is 0.217 e. The van der Waals surface area contributed by atoms with Gasteiger partial charge < -0.3 is 19.0 Å². The molecule has 2 aromatic heterocycles. The Balaban J connectivity index is 0.00000325. The summed E-state index contributed by atoms with van der Waals surface area (Å²) < 4.78 is 20.0. The topological polar surface area (TPSA) is 77.1 Å². The van der Waals surface area contributed by atoms with Crippen LogP contribution in [0.4, 0.5) is 0 Å². The van der Waals surface area contributed by atoms with E-state index in [1.165, 1.54) is 11.1 Å². The first-order valence-electron chi connectivity index (χ1n) is 15.1. The summed E-state index contributed by atoms with van der Waals surface area (Å²) in [6, 6.07) is 29.2. The summed E-state index contributed by atoms with van der Waals surface area (Å²) in [5.74, 6) is 1.53. The van der Waals surface area contributed by atoms with Crippen LogP contribution in [-0.2, 0) is 36.8 Å². The SMILES string of the molecule is Cc1cc(O)c2nc(Oc3[c-]c(C4=N[C@@]5(C)c6ccccc6C(C)(C)[C@@]5(C(C)C)O4)c4oc5ccccc5c4c3)ccc2c1.[Pt]. The first-order valence-corrected chi connectivity index (χ1v) is 15.1. The molecule has 230 valence electrons. The first kappa shape index (κ1) is 29.6. The van der Waals surface area contributed by atoms with Crippen LogP contribution in [0.5, 0.6) is 17.4 Å². The van der Waals surface area contributed by atoms with Gasteiger partial charge in [0.2, 0.25) is 5.88 Å². The number of para-hydroxylation sites is 1. The Morgan fingerprint density at radius 2 is 1.62 bits per heavy atom. The van der Waals surface area contributed by atoms with Crippen LogP contribution in [0.25, 0.3) is 32.8 Å². The number of hydrogen-bond acceptors (Lipinski definition) is 6. The quantitative estimate of drug-likeness (QED) is 0.181. The van der Waals surface area contributed by atoms with Gasteiger partial charge in [0.25, 0.3) is 0 Å². The first-order chi connectivity index (χ1) is 21.0. The maximum atomic E-state index is 10.6. The van der Waals surface area contributed by atoms with Gasteiger partial charge in [-0.15, -0.1) is 0 Å². The number of furan rings is 1. The zero-order valence-electron chi connectivity index (χ0n) is 26.0. The number of pyridine rings is 1. The molecule has 0 unspecified atom stereocenters.